The molecule has 82 valence electrons. The van der Waals surface area contributed by atoms with Gasteiger partial charge in [0.2, 0.25) is 0 Å². The van der Waals surface area contributed by atoms with Crippen LogP contribution in [0.3, 0.4) is 0 Å². The van der Waals surface area contributed by atoms with Gasteiger partial charge in [-0.1, -0.05) is 19.3 Å². The highest BCUT2D eigenvalue weighted by molar-refractivity contribution is 4.87. The predicted molar refractivity (Wildman–Crippen MR) is 58.5 cm³/mol. The van der Waals surface area contributed by atoms with Crippen LogP contribution in [-0.4, -0.2) is 36.2 Å². The van der Waals surface area contributed by atoms with Crippen LogP contribution in [0.25, 0.3) is 0 Å². The first-order valence-electron chi connectivity index (χ1n) is 6.15. The van der Waals surface area contributed by atoms with E-state index in [1.54, 1.807) is 0 Å². The zero-order valence-electron chi connectivity index (χ0n) is 9.54. The van der Waals surface area contributed by atoms with E-state index in [4.69, 9.17) is 4.74 Å². The van der Waals surface area contributed by atoms with Gasteiger partial charge in [-0.2, -0.15) is 0 Å². The van der Waals surface area contributed by atoms with E-state index in [2.05, 4.69) is 18.7 Å². The van der Waals surface area contributed by atoms with E-state index in [1.165, 1.54) is 45.2 Å². The summed E-state index contributed by atoms with van der Waals surface area (Å²) in [7, 11) is 0. The van der Waals surface area contributed by atoms with Crippen LogP contribution in [0, 0.1) is 0 Å². The first-order chi connectivity index (χ1) is 6.75. The molecular weight excluding hydrogens is 174 g/mol. The SMILES string of the molecule is CC(C)OC1CN(C2CCCCC2)C1. The van der Waals surface area contributed by atoms with Crippen LogP contribution in [0.2, 0.25) is 0 Å². The minimum atomic E-state index is 0.397. The number of rotatable bonds is 3. The maximum atomic E-state index is 5.77. The molecule has 2 fully saturated rings. The fourth-order valence-electron chi connectivity index (χ4n) is 2.68. The Morgan fingerprint density at radius 2 is 1.71 bits per heavy atom. The average molecular weight is 197 g/mol. The van der Waals surface area contributed by atoms with Crippen LogP contribution in [0.5, 0.6) is 0 Å². The van der Waals surface area contributed by atoms with Crippen molar-refractivity contribution in [2.45, 2.75) is 64.2 Å². The summed E-state index contributed by atoms with van der Waals surface area (Å²) >= 11 is 0. The molecule has 1 saturated heterocycles. The molecule has 2 aliphatic rings. The Balaban J connectivity index is 1.66. The quantitative estimate of drug-likeness (QED) is 0.689. The first-order valence-corrected chi connectivity index (χ1v) is 6.15. The largest absolute Gasteiger partial charge is 0.373 e. The standard InChI is InChI=1S/C12H23NO/c1-10(2)14-12-8-13(9-12)11-6-4-3-5-7-11/h10-12H,3-9H2,1-2H3. The molecule has 14 heavy (non-hydrogen) atoms. The second-order valence-electron chi connectivity index (χ2n) is 5.05. The molecule has 1 heterocycles. The fraction of sp³-hybridized carbons (Fsp3) is 1.00. The Bertz CT molecular complexity index is 169. The van der Waals surface area contributed by atoms with Crippen LogP contribution in [0.4, 0.5) is 0 Å². The van der Waals surface area contributed by atoms with Crippen LogP contribution in [0.15, 0.2) is 0 Å². The lowest BCUT2D eigenvalue weighted by atomic mass is 9.92. The van der Waals surface area contributed by atoms with Gasteiger partial charge < -0.3 is 4.74 Å². The molecule has 2 heteroatoms. The van der Waals surface area contributed by atoms with Crippen LogP contribution in [0.1, 0.15) is 46.0 Å². The van der Waals surface area contributed by atoms with E-state index < -0.39 is 0 Å². The second kappa shape index (κ2) is 4.63. The average Bonchev–Trinajstić information content (AvgIpc) is 2.12. The van der Waals surface area contributed by atoms with Gasteiger partial charge in [0.05, 0.1) is 12.2 Å². The summed E-state index contributed by atoms with van der Waals surface area (Å²) in [6.07, 6.45) is 8.11. The summed E-state index contributed by atoms with van der Waals surface area (Å²) in [6, 6.07) is 0.885. The normalized spacial score (nSPS) is 26.8. The van der Waals surface area contributed by atoms with E-state index in [0.717, 1.165) is 6.04 Å². The van der Waals surface area contributed by atoms with E-state index in [-0.39, 0.29) is 0 Å². The summed E-state index contributed by atoms with van der Waals surface area (Å²) < 4.78 is 5.77. The molecule has 0 spiro atoms. The van der Waals surface area contributed by atoms with Gasteiger partial charge >= 0.3 is 0 Å². The highest BCUT2D eigenvalue weighted by atomic mass is 16.5. The maximum Gasteiger partial charge on any atom is 0.0832 e. The van der Waals surface area contributed by atoms with Crippen molar-refractivity contribution in [1.82, 2.24) is 4.90 Å². The van der Waals surface area contributed by atoms with Crippen molar-refractivity contribution < 1.29 is 4.74 Å². The molecule has 0 unspecified atom stereocenters. The first kappa shape index (κ1) is 10.4. The van der Waals surface area contributed by atoms with Crippen molar-refractivity contribution in [3.63, 3.8) is 0 Å². The third-order valence-corrected chi connectivity index (χ3v) is 3.43. The van der Waals surface area contributed by atoms with Crippen molar-refractivity contribution in [2.75, 3.05) is 13.1 Å². The smallest absolute Gasteiger partial charge is 0.0832 e. The van der Waals surface area contributed by atoms with Gasteiger partial charge in [-0.15, -0.1) is 0 Å². The minimum Gasteiger partial charge on any atom is -0.373 e. The molecule has 0 radical (unpaired) electrons. The molecule has 0 atom stereocenters. The molecule has 0 amide bonds. The minimum absolute atomic E-state index is 0.397. The second-order valence-corrected chi connectivity index (χ2v) is 5.05. The molecular formula is C12H23NO. The predicted octanol–water partition coefficient (Wildman–Crippen LogP) is 2.43. The molecule has 0 bridgehead atoms. The topological polar surface area (TPSA) is 12.5 Å². The number of ether oxygens (including phenoxy) is 1. The third-order valence-electron chi connectivity index (χ3n) is 3.43. The van der Waals surface area contributed by atoms with E-state index in [0.29, 0.717) is 12.2 Å². The maximum absolute atomic E-state index is 5.77. The summed E-state index contributed by atoms with van der Waals surface area (Å²) in [6.45, 7) is 6.62. The Labute approximate surface area is 87.6 Å². The van der Waals surface area contributed by atoms with Gasteiger partial charge in [-0.3, -0.25) is 4.90 Å². The molecule has 2 nitrogen and oxygen atoms in total. The van der Waals surface area contributed by atoms with Gasteiger partial charge in [0, 0.05) is 19.1 Å². The van der Waals surface area contributed by atoms with Crippen molar-refractivity contribution in [2.24, 2.45) is 0 Å². The zero-order valence-corrected chi connectivity index (χ0v) is 9.54. The van der Waals surface area contributed by atoms with Crippen LogP contribution in [-0.2, 0) is 4.74 Å². The molecule has 0 N–H and O–H groups in total. The Hall–Kier alpha value is -0.0800. The molecule has 0 aromatic carbocycles. The number of likely N-dealkylation sites (tertiary alicyclic amines) is 1. The summed E-state index contributed by atoms with van der Waals surface area (Å²) in [5.41, 5.74) is 0. The van der Waals surface area contributed by atoms with Crippen molar-refractivity contribution in [1.29, 1.82) is 0 Å². The fourth-order valence-corrected chi connectivity index (χ4v) is 2.68. The van der Waals surface area contributed by atoms with Crippen molar-refractivity contribution in [3.8, 4) is 0 Å². The van der Waals surface area contributed by atoms with E-state index in [9.17, 15) is 0 Å². The highest BCUT2D eigenvalue weighted by Gasteiger charge is 2.33. The number of nitrogens with zero attached hydrogens (tertiary/aromatic N) is 1. The highest BCUT2D eigenvalue weighted by Crippen LogP contribution is 2.27. The molecule has 0 aromatic heterocycles. The van der Waals surface area contributed by atoms with Crippen LogP contribution < -0.4 is 0 Å². The number of hydrogen-bond donors (Lipinski definition) is 0. The van der Waals surface area contributed by atoms with Crippen molar-refractivity contribution in [3.05, 3.63) is 0 Å². The molecule has 2 rings (SSSR count). The summed E-state index contributed by atoms with van der Waals surface area (Å²) in [5.74, 6) is 0. The molecule has 1 aliphatic carbocycles. The summed E-state index contributed by atoms with van der Waals surface area (Å²) in [5, 5.41) is 0. The monoisotopic (exact) mass is 197 g/mol. The van der Waals surface area contributed by atoms with Crippen molar-refractivity contribution >= 4 is 0 Å². The Morgan fingerprint density at radius 3 is 2.29 bits per heavy atom. The van der Waals surface area contributed by atoms with E-state index >= 15 is 0 Å². The molecule has 0 aromatic rings. The number of hydrogen-bond acceptors (Lipinski definition) is 2. The third kappa shape index (κ3) is 2.48. The van der Waals surface area contributed by atoms with E-state index in [1.807, 2.05) is 0 Å². The summed E-state index contributed by atoms with van der Waals surface area (Å²) in [4.78, 5) is 2.62. The van der Waals surface area contributed by atoms with Gasteiger partial charge in [0.25, 0.3) is 0 Å². The molecule has 1 saturated carbocycles. The van der Waals surface area contributed by atoms with Crippen LogP contribution >= 0.6 is 0 Å². The Kier molecular flexibility index (Phi) is 3.45. The van der Waals surface area contributed by atoms with Gasteiger partial charge in [0.15, 0.2) is 0 Å². The lowest BCUT2D eigenvalue weighted by Crippen LogP contribution is -2.57. The lowest BCUT2D eigenvalue weighted by Gasteiger charge is -2.45. The lowest BCUT2D eigenvalue weighted by molar-refractivity contribution is -0.0988. The van der Waals surface area contributed by atoms with Gasteiger partial charge in [0.1, 0.15) is 0 Å². The van der Waals surface area contributed by atoms with Gasteiger partial charge in [-0.25, -0.2) is 0 Å². The Morgan fingerprint density at radius 1 is 1.07 bits per heavy atom. The zero-order chi connectivity index (χ0) is 9.97. The van der Waals surface area contributed by atoms with Gasteiger partial charge in [-0.05, 0) is 26.7 Å². The molecule has 1 aliphatic heterocycles.